The van der Waals surface area contributed by atoms with Crippen LogP contribution in [0, 0.1) is 11.3 Å². The molecule has 0 saturated heterocycles. The van der Waals surface area contributed by atoms with Crippen LogP contribution in [0.15, 0.2) is 0 Å². The molecule has 1 unspecified atom stereocenters. The predicted molar refractivity (Wildman–Crippen MR) is 50.0 cm³/mol. The molecule has 0 amide bonds. The Morgan fingerprint density at radius 1 is 1.38 bits per heavy atom. The maximum Gasteiger partial charge on any atom is 0.319 e. The molecular formula is C10H18O3. The third kappa shape index (κ3) is 2.83. The molecule has 0 aromatic rings. The van der Waals surface area contributed by atoms with Crippen molar-refractivity contribution >= 4 is 11.9 Å². The summed E-state index contributed by atoms with van der Waals surface area (Å²) in [5, 5.41) is 0. The van der Waals surface area contributed by atoms with Crippen LogP contribution in [0.1, 0.15) is 41.0 Å². The van der Waals surface area contributed by atoms with Crippen molar-refractivity contribution in [1.82, 2.24) is 0 Å². The zero-order chi connectivity index (χ0) is 10.6. The standard InChI is InChI=1S/C10H18O3/c1-6-10(5,7(2)3)9(12)13-8(4)11/h7H,6H2,1-5H3. The topological polar surface area (TPSA) is 43.4 Å². The van der Waals surface area contributed by atoms with Gasteiger partial charge in [0, 0.05) is 6.92 Å². The highest BCUT2D eigenvalue weighted by Crippen LogP contribution is 2.32. The maximum atomic E-state index is 11.5. The fraction of sp³-hybridized carbons (Fsp3) is 0.800. The first-order valence-corrected chi connectivity index (χ1v) is 4.57. The average molecular weight is 186 g/mol. The van der Waals surface area contributed by atoms with E-state index in [2.05, 4.69) is 4.74 Å². The van der Waals surface area contributed by atoms with Crippen LogP contribution >= 0.6 is 0 Å². The number of carbonyl (C=O) groups is 2. The second-order valence-electron chi connectivity index (χ2n) is 3.81. The molecule has 0 aromatic heterocycles. The first-order chi connectivity index (χ1) is 5.84. The van der Waals surface area contributed by atoms with E-state index in [-0.39, 0.29) is 5.92 Å². The highest BCUT2D eigenvalue weighted by Gasteiger charge is 2.37. The van der Waals surface area contributed by atoms with E-state index >= 15 is 0 Å². The summed E-state index contributed by atoms with van der Waals surface area (Å²) >= 11 is 0. The van der Waals surface area contributed by atoms with Crippen LogP contribution in [-0.2, 0) is 14.3 Å². The zero-order valence-electron chi connectivity index (χ0n) is 9.01. The van der Waals surface area contributed by atoms with Gasteiger partial charge in [-0.2, -0.15) is 0 Å². The Hall–Kier alpha value is -0.860. The van der Waals surface area contributed by atoms with Crippen LogP contribution in [0.3, 0.4) is 0 Å². The lowest BCUT2D eigenvalue weighted by Gasteiger charge is -2.28. The third-order valence-corrected chi connectivity index (χ3v) is 2.71. The fourth-order valence-corrected chi connectivity index (χ4v) is 1.04. The molecule has 0 N–H and O–H groups in total. The summed E-state index contributed by atoms with van der Waals surface area (Å²) in [5.41, 5.74) is -0.550. The van der Waals surface area contributed by atoms with Crippen LogP contribution in [0.2, 0.25) is 0 Å². The second kappa shape index (κ2) is 4.40. The Morgan fingerprint density at radius 3 is 2.08 bits per heavy atom. The molecular weight excluding hydrogens is 168 g/mol. The van der Waals surface area contributed by atoms with Crippen molar-refractivity contribution in [1.29, 1.82) is 0 Å². The van der Waals surface area contributed by atoms with Gasteiger partial charge in [-0.3, -0.25) is 9.59 Å². The van der Waals surface area contributed by atoms with Gasteiger partial charge in [0.2, 0.25) is 0 Å². The van der Waals surface area contributed by atoms with Crippen molar-refractivity contribution in [3.8, 4) is 0 Å². The van der Waals surface area contributed by atoms with Crippen molar-refractivity contribution in [2.75, 3.05) is 0 Å². The molecule has 0 heterocycles. The van der Waals surface area contributed by atoms with Gasteiger partial charge in [0.25, 0.3) is 0 Å². The summed E-state index contributed by atoms with van der Waals surface area (Å²) in [5.74, 6) is -0.785. The van der Waals surface area contributed by atoms with E-state index < -0.39 is 17.4 Å². The number of ether oxygens (including phenoxy) is 1. The molecule has 0 radical (unpaired) electrons. The second-order valence-corrected chi connectivity index (χ2v) is 3.81. The van der Waals surface area contributed by atoms with Crippen molar-refractivity contribution in [3.63, 3.8) is 0 Å². The van der Waals surface area contributed by atoms with E-state index in [1.807, 2.05) is 27.7 Å². The Balaban J connectivity index is 4.57. The minimum atomic E-state index is -0.550. The predicted octanol–water partition coefficient (Wildman–Crippen LogP) is 2.15. The molecule has 0 fully saturated rings. The molecule has 3 nitrogen and oxygen atoms in total. The minimum absolute atomic E-state index is 0.171. The van der Waals surface area contributed by atoms with E-state index in [9.17, 15) is 9.59 Å². The lowest BCUT2D eigenvalue weighted by atomic mass is 9.77. The van der Waals surface area contributed by atoms with Gasteiger partial charge in [0.1, 0.15) is 0 Å². The lowest BCUT2D eigenvalue weighted by molar-refractivity contribution is -0.167. The summed E-state index contributed by atoms with van der Waals surface area (Å²) in [6.07, 6.45) is 0.677. The number of rotatable bonds is 3. The molecule has 0 saturated carbocycles. The normalized spacial score (nSPS) is 15.2. The van der Waals surface area contributed by atoms with Crippen LogP contribution in [0.5, 0.6) is 0 Å². The molecule has 0 aliphatic carbocycles. The first-order valence-electron chi connectivity index (χ1n) is 4.57. The summed E-state index contributed by atoms with van der Waals surface area (Å²) in [6.45, 7) is 8.88. The molecule has 13 heavy (non-hydrogen) atoms. The van der Waals surface area contributed by atoms with Crippen LogP contribution in [0.4, 0.5) is 0 Å². The Bertz CT molecular complexity index is 208. The highest BCUT2D eigenvalue weighted by atomic mass is 16.6. The molecule has 0 rings (SSSR count). The Kier molecular flexibility index (Phi) is 4.11. The van der Waals surface area contributed by atoms with Gasteiger partial charge in [-0.15, -0.1) is 0 Å². The van der Waals surface area contributed by atoms with Gasteiger partial charge >= 0.3 is 11.9 Å². The minimum Gasteiger partial charge on any atom is -0.393 e. The lowest BCUT2D eigenvalue weighted by Crippen LogP contribution is -2.35. The molecule has 1 atom stereocenters. The summed E-state index contributed by atoms with van der Waals surface area (Å²) in [4.78, 5) is 22.1. The van der Waals surface area contributed by atoms with E-state index in [4.69, 9.17) is 0 Å². The van der Waals surface area contributed by atoms with Gasteiger partial charge in [-0.25, -0.2) is 0 Å². The smallest absolute Gasteiger partial charge is 0.319 e. The zero-order valence-corrected chi connectivity index (χ0v) is 9.01. The summed E-state index contributed by atoms with van der Waals surface area (Å²) < 4.78 is 4.59. The van der Waals surface area contributed by atoms with Crippen molar-refractivity contribution in [2.45, 2.75) is 41.0 Å². The largest absolute Gasteiger partial charge is 0.393 e. The summed E-state index contributed by atoms with van der Waals surface area (Å²) in [7, 11) is 0. The molecule has 0 aromatic carbocycles. The SMILES string of the molecule is CCC(C)(C(=O)OC(C)=O)C(C)C. The quantitative estimate of drug-likeness (QED) is 0.501. The molecule has 3 heteroatoms. The molecule has 0 spiro atoms. The highest BCUT2D eigenvalue weighted by molar-refractivity contribution is 5.87. The van der Waals surface area contributed by atoms with Gasteiger partial charge < -0.3 is 4.74 Å². The molecule has 0 bridgehead atoms. The Labute approximate surface area is 79.5 Å². The first kappa shape index (κ1) is 12.1. The molecule has 0 aliphatic heterocycles. The fourth-order valence-electron chi connectivity index (χ4n) is 1.04. The van der Waals surface area contributed by atoms with Gasteiger partial charge in [0.15, 0.2) is 0 Å². The molecule has 76 valence electrons. The Morgan fingerprint density at radius 2 is 1.85 bits per heavy atom. The van der Waals surface area contributed by atoms with Crippen LogP contribution in [-0.4, -0.2) is 11.9 Å². The van der Waals surface area contributed by atoms with E-state index in [1.54, 1.807) is 0 Å². The number of esters is 2. The van der Waals surface area contributed by atoms with E-state index in [1.165, 1.54) is 6.92 Å². The van der Waals surface area contributed by atoms with Gasteiger partial charge in [-0.1, -0.05) is 20.8 Å². The average Bonchev–Trinajstić information content (AvgIpc) is 2.01. The maximum absolute atomic E-state index is 11.5. The summed E-state index contributed by atoms with van der Waals surface area (Å²) in [6, 6.07) is 0. The monoisotopic (exact) mass is 186 g/mol. The van der Waals surface area contributed by atoms with E-state index in [0.29, 0.717) is 6.42 Å². The molecule has 0 aliphatic rings. The van der Waals surface area contributed by atoms with Crippen LogP contribution in [0.25, 0.3) is 0 Å². The van der Waals surface area contributed by atoms with Crippen molar-refractivity contribution < 1.29 is 14.3 Å². The number of hydrogen-bond donors (Lipinski definition) is 0. The van der Waals surface area contributed by atoms with Crippen LogP contribution < -0.4 is 0 Å². The van der Waals surface area contributed by atoms with Gasteiger partial charge in [0.05, 0.1) is 5.41 Å². The van der Waals surface area contributed by atoms with Crippen molar-refractivity contribution in [2.24, 2.45) is 11.3 Å². The third-order valence-electron chi connectivity index (χ3n) is 2.71. The van der Waals surface area contributed by atoms with Crippen molar-refractivity contribution in [3.05, 3.63) is 0 Å². The van der Waals surface area contributed by atoms with E-state index in [0.717, 1.165) is 0 Å². The van der Waals surface area contributed by atoms with Gasteiger partial charge in [-0.05, 0) is 19.3 Å². The number of hydrogen-bond acceptors (Lipinski definition) is 3. The number of carbonyl (C=O) groups excluding carboxylic acids is 2.